The van der Waals surface area contributed by atoms with Gasteiger partial charge in [0, 0.05) is 11.1 Å². The molecule has 0 bridgehead atoms. The Morgan fingerprint density at radius 1 is 1.00 bits per heavy atom. The van der Waals surface area contributed by atoms with E-state index in [9.17, 15) is 8.78 Å². The van der Waals surface area contributed by atoms with E-state index in [1.54, 1.807) is 0 Å². The Kier molecular flexibility index (Phi) is 5.24. The second kappa shape index (κ2) is 7.64. The minimum Gasteiger partial charge on any atom is -0.205 e. The van der Waals surface area contributed by atoms with E-state index >= 15 is 0 Å². The molecule has 0 aromatic heterocycles. The first-order valence-electron chi connectivity index (χ1n) is 9.84. The first-order chi connectivity index (χ1) is 13.0. The molecule has 4 rings (SSSR count). The Morgan fingerprint density at radius 3 is 2.48 bits per heavy atom. The minimum absolute atomic E-state index is 0.296. The third-order valence-corrected chi connectivity index (χ3v) is 6.69. The molecule has 0 nitrogen and oxygen atoms in total. The van der Waals surface area contributed by atoms with Crippen LogP contribution in [0, 0.1) is 35.3 Å². The molecule has 3 heteroatoms. The normalized spacial score (nSPS) is 23.8. The summed E-state index contributed by atoms with van der Waals surface area (Å²) in [5.41, 5.74) is 4.08. The molecule has 1 saturated carbocycles. The van der Waals surface area contributed by atoms with Crippen LogP contribution in [0.15, 0.2) is 30.3 Å². The summed E-state index contributed by atoms with van der Waals surface area (Å²) >= 11 is 5.52. The summed E-state index contributed by atoms with van der Waals surface area (Å²) in [6.45, 7) is 2.31. The van der Waals surface area contributed by atoms with Crippen molar-refractivity contribution < 1.29 is 8.78 Å². The van der Waals surface area contributed by atoms with Crippen molar-refractivity contribution in [2.45, 2.75) is 51.4 Å². The highest BCUT2D eigenvalue weighted by Gasteiger charge is 2.34. The molecule has 2 aromatic carbocycles. The van der Waals surface area contributed by atoms with Crippen molar-refractivity contribution in [3.05, 3.63) is 69.2 Å². The van der Waals surface area contributed by atoms with Crippen molar-refractivity contribution in [1.82, 2.24) is 0 Å². The molecule has 0 saturated heterocycles. The SMILES string of the molecule is CC[C@@H]1CC[C@@H]2c3ccc(C#Cc4cc(F)c(Cl)c(F)c4)cc3CC[C@@H]2C1. The van der Waals surface area contributed by atoms with Crippen LogP contribution in [-0.4, -0.2) is 0 Å². The average Bonchev–Trinajstić information content (AvgIpc) is 2.69. The molecular weight excluding hydrogens is 362 g/mol. The van der Waals surface area contributed by atoms with E-state index in [2.05, 4.69) is 30.9 Å². The first-order valence-corrected chi connectivity index (χ1v) is 10.2. The van der Waals surface area contributed by atoms with Crippen LogP contribution in [0.1, 0.15) is 67.2 Å². The lowest BCUT2D eigenvalue weighted by atomic mass is 9.65. The van der Waals surface area contributed by atoms with Gasteiger partial charge in [-0.2, -0.15) is 0 Å². The van der Waals surface area contributed by atoms with Crippen LogP contribution in [0.2, 0.25) is 5.02 Å². The van der Waals surface area contributed by atoms with Crippen LogP contribution in [0.25, 0.3) is 0 Å². The standard InChI is InChI=1S/C24H23ClF2/c1-2-15-5-9-20-18(11-15)7-8-19-12-16(6-10-21(19)20)3-4-17-13-22(26)24(25)23(27)14-17/h6,10,12-15,18,20H,2,5,7-9,11H2,1H3/t15-,18-,20+/m1/s1. The van der Waals surface area contributed by atoms with Gasteiger partial charge in [-0.05, 0) is 85.3 Å². The van der Waals surface area contributed by atoms with Crippen molar-refractivity contribution in [2.24, 2.45) is 11.8 Å². The van der Waals surface area contributed by atoms with Gasteiger partial charge in [0.05, 0.1) is 0 Å². The predicted molar refractivity (Wildman–Crippen MR) is 106 cm³/mol. The smallest absolute Gasteiger partial charge is 0.146 e. The van der Waals surface area contributed by atoms with Crippen molar-refractivity contribution in [1.29, 1.82) is 0 Å². The maximum atomic E-state index is 13.6. The molecule has 0 heterocycles. The van der Waals surface area contributed by atoms with E-state index in [1.165, 1.54) is 55.4 Å². The highest BCUT2D eigenvalue weighted by molar-refractivity contribution is 6.30. The van der Waals surface area contributed by atoms with Crippen LogP contribution >= 0.6 is 11.6 Å². The monoisotopic (exact) mass is 384 g/mol. The van der Waals surface area contributed by atoms with Crippen molar-refractivity contribution in [3.63, 3.8) is 0 Å². The zero-order valence-corrected chi connectivity index (χ0v) is 16.3. The summed E-state index contributed by atoms with van der Waals surface area (Å²) in [4.78, 5) is 0. The fourth-order valence-electron chi connectivity index (χ4n) is 4.84. The summed E-state index contributed by atoms with van der Waals surface area (Å²) < 4.78 is 27.1. The predicted octanol–water partition coefficient (Wildman–Crippen LogP) is 6.87. The Labute approximate surface area is 164 Å². The summed E-state index contributed by atoms with van der Waals surface area (Å²) in [7, 11) is 0. The Bertz CT molecular complexity index is 899. The number of hydrogen-bond donors (Lipinski definition) is 0. The van der Waals surface area contributed by atoms with Gasteiger partial charge in [-0.3, -0.25) is 0 Å². The van der Waals surface area contributed by atoms with Crippen LogP contribution < -0.4 is 0 Å². The number of fused-ring (bicyclic) bond motifs is 3. The van der Waals surface area contributed by atoms with Crippen LogP contribution in [-0.2, 0) is 6.42 Å². The van der Waals surface area contributed by atoms with Crippen LogP contribution in [0.3, 0.4) is 0 Å². The summed E-state index contributed by atoms with van der Waals surface area (Å²) in [5, 5.41) is -0.485. The lowest BCUT2D eigenvalue weighted by molar-refractivity contribution is 0.206. The molecule has 1 fully saturated rings. The number of hydrogen-bond acceptors (Lipinski definition) is 0. The maximum Gasteiger partial charge on any atom is 0.146 e. The highest BCUT2D eigenvalue weighted by atomic mass is 35.5. The maximum absolute atomic E-state index is 13.6. The second-order valence-electron chi connectivity index (χ2n) is 7.91. The van der Waals surface area contributed by atoms with E-state index in [0.717, 1.165) is 23.8 Å². The van der Waals surface area contributed by atoms with Gasteiger partial charge in [-0.1, -0.05) is 42.9 Å². The summed E-state index contributed by atoms with van der Waals surface area (Å²) in [6.07, 6.45) is 7.68. The lowest BCUT2D eigenvalue weighted by Crippen LogP contribution is -2.27. The molecule has 2 aliphatic carbocycles. The molecule has 3 atom stereocenters. The van der Waals surface area contributed by atoms with Crippen molar-refractivity contribution in [2.75, 3.05) is 0 Å². The number of rotatable bonds is 1. The molecule has 2 aliphatic rings. The molecule has 0 radical (unpaired) electrons. The first kappa shape index (κ1) is 18.5. The molecule has 0 amide bonds. The molecule has 0 N–H and O–H groups in total. The molecule has 0 aliphatic heterocycles. The Hall–Kier alpha value is -1.85. The largest absolute Gasteiger partial charge is 0.205 e. The van der Waals surface area contributed by atoms with Gasteiger partial charge < -0.3 is 0 Å². The van der Waals surface area contributed by atoms with Gasteiger partial charge in [0.25, 0.3) is 0 Å². The Balaban J connectivity index is 1.57. The van der Waals surface area contributed by atoms with Crippen LogP contribution in [0.4, 0.5) is 8.78 Å². The molecule has 140 valence electrons. The van der Waals surface area contributed by atoms with E-state index in [4.69, 9.17) is 11.6 Å². The third kappa shape index (κ3) is 3.76. The third-order valence-electron chi connectivity index (χ3n) is 6.33. The lowest BCUT2D eigenvalue weighted by Gasteiger charge is -2.40. The topological polar surface area (TPSA) is 0 Å². The van der Waals surface area contributed by atoms with Crippen LogP contribution in [0.5, 0.6) is 0 Å². The fraction of sp³-hybridized carbons (Fsp3) is 0.417. The van der Waals surface area contributed by atoms with Crippen molar-refractivity contribution in [3.8, 4) is 11.8 Å². The Morgan fingerprint density at radius 2 is 1.74 bits per heavy atom. The second-order valence-corrected chi connectivity index (χ2v) is 8.29. The molecule has 0 spiro atoms. The highest BCUT2D eigenvalue weighted by Crippen LogP contribution is 2.47. The molecule has 0 unspecified atom stereocenters. The van der Waals surface area contributed by atoms with Gasteiger partial charge >= 0.3 is 0 Å². The number of halogens is 3. The zero-order valence-electron chi connectivity index (χ0n) is 15.5. The van der Waals surface area contributed by atoms with E-state index in [-0.39, 0.29) is 0 Å². The van der Waals surface area contributed by atoms with Gasteiger partial charge in [0.1, 0.15) is 16.7 Å². The van der Waals surface area contributed by atoms with Gasteiger partial charge in [-0.25, -0.2) is 8.78 Å². The number of benzene rings is 2. The molecule has 27 heavy (non-hydrogen) atoms. The summed E-state index contributed by atoms with van der Waals surface area (Å²) in [5.74, 6) is 6.77. The van der Waals surface area contributed by atoms with Gasteiger partial charge in [0.2, 0.25) is 0 Å². The fourth-order valence-corrected chi connectivity index (χ4v) is 4.94. The zero-order chi connectivity index (χ0) is 19.0. The summed E-state index contributed by atoms with van der Waals surface area (Å²) in [6, 6.07) is 8.78. The van der Waals surface area contributed by atoms with Gasteiger partial charge in [-0.15, -0.1) is 0 Å². The van der Waals surface area contributed by atoms with E-state index < -0.39 is 16.7 Å². The van der Waals surface area contributed by atoms with E-state index in [0.29, 0.717) is 11.5 Å². The average molecular weight is 385 g/mol. The molecular formula is C24H23ClF2. The number of aryl methyl sites for hydroxylation is 1. The van der Waals surface area contributed by atoms with Crippen molar-refractivity contribution >= 4 is 11.6 Å². The van der Waals surface area contributed by atoms with E-state index in [1.807, 2.05) is 6.07 Å². The molecule has 2 aromatic rings. The quantitative estimate of drug-likeness (QED) is 0.371. The minimum atomic E-state index is -0.778. The van der Waals surface area contributed by atoms with Gasteiger partial charge in [0.15, 0.2) is 0 Å².